The average Bonchev–Trinajstić information content (AvgIpc) is 1.49. The summed E-state index contributed by atoms with van der Waals surface area (Å²) in [5.74, 6) is -2.95. The van der Waals surface area contributed by atoms with E-state index in [-0.39, 0.29) is 165 Å². The molecule has 4 aliphatic rings. The van der Waals surface area contributed by atoms with Gasteiger partial charge in [0.1, 0.15) is 79.2 Å². The van der Waals surface area contributed by atoms with Crippen molar-refractivity contribution in [3.63, 3.8) is 0 Å². The summed E-state index contributed by atoms with van der Waals surface area (Å²) >= 11 is 0. The molecule has 117 heavy (non-hydrogen) atoms. The topological polar surface area (TPSA) is 604 Å². The van der Waals surface area contributed by atoms with Crippen LogP contribution in [-0.4, -0.2) is 349 Å². The van der Waals surface area contributed by atoms with Crippen molar-refractivity contribution >= 4 is 61.0 Å². The molecule has 4 saturated heterocycles. The van der Waals surface area contributed by atoms with E-state index in [1.807, 2.05) is 41.5 Å². The average molecular weight is 1710 g/mol. The number of unbranched alkanes of at least 4 members (excludes halogenated alkanes) is 3. The Hall–Kier alpha value is -5.46. The van der Waals surface area contributed by atoms with Crippen LogP contribution in [0.25, 0.3) is 0 Å². The van der Waals surface area contributed by atoms with Crippen molar-refractivity contribution in [2.75, 3.05) is 146 Å². The number of nitrogens with one attached hydrogen (secondary N) is 9. The second kappa shape index (κ2) is 63.5. The molecule has 0 bridgehead atoms. The van der Waals surface area contributed by atoms with Crippen LogP contribution in [-0.2, 0) is 109 Å². The smallest absolute Gasteiger partial charge is 0.267 e. The number of ether oxygens (including phenoxy) is 11. The van der Waals surface area contributed by atoms with Gasteiger partial charge in [0.25, 0.3) is 7.82 Å². The predicted octanol–water partition coefficient (Wildman–Crippen LogP) is -4.31. The molecule has 0 aromatic rings. The summed E-state index contributed by atoms with van der Waals surface area (Å²) in [5.41, 5.74) is -0.791. The third-order valence-corrected chi connectivity index (χ3v) is 19.0. The van der Waals surface area contributed by atoms with Crippen molar-refractivity contribution in [1.82, 2.24) is 47.9 Å². The summed E-state index contributed by atoms with van der Waals surface area (Å²) in [5, 5.41) is 115. The molecule has 0 radical (unpaired) electrons. The fraction of sp³-hybridized carbons (Fsp3) is 0.878. The summed E-state index contributed by atoms with van der Waals surface area (Å²) < 4.78 is 82.0. The zero-order valence-corrected chi connectivity index (χ0v) is 70.8. The maximum atomic E-state index is 12.7. The molecule has 17 unspecified atom stereocenters. The summed E-state index contributed by atoms with van der Waals surface area (Å²) in [6.45, 7) is 16.8. The number of rotatable bonds is 56. The number of amides is 9. The van der Waals surface area contributed by atoms with Crippen LogP contribution in [0.3, 0.4) is 0 Å². The lowest BCUT2D eigenvalue weighted by Gasteiger charge is -2.42. The highest BCUT2D eigenvalue weighted by atomic mass is 31.2. The van der Waals surface area contributed by atoms with Crippen molar-refractivity contribution in [3.05, 3.63) is 0 Å². The van der Waals surface area contributed by atoms with Gasteiger partial charge in [0.15, 0.2) is 18.9 Å². The Morgan fingerprint density at radius 2 is 0.709 bits per heavy atom. The summed E-state index contributed by atoms with van der Waals surface area (Å²) in [6, 6.07) is -3.21. The molecule has 18 N–H and O–H groups in total. The molecule has 4 aliphatic heterocycles. The zero-order chi connectivity index (χ0) is 87.9. The molecule has 0 aliphatic carbocycles. The molecule has 0 aromatic carbocycles. The van der Waals surface area contributed by atoms with Gasteiger partial charge in [-0.3, -0.25) is 47.7 Å². The number of hydrogen-bond acceptors (Lipinski definition) is 33. The van der Waals surface area contributed by atoms with Gasteiger partial charge in [-0.25, -0.2) is 0 Å². The van der Waals surface area contributed by atoms with Crippen molar-refractivity contribution < 1.29 is 160 Å². The van der Waals surface area contributed by atoms with Gasteiger partial charge in [0, 0.05) is 144 Å². The van der Waals surface area contributed by atoms with E-state index in [1.165, 1.54) is 27.9 Å². The highest BCUT2D eigenvalue weighted by Gasteiger charge is 2.48. The van der Waals surface area contributed by atoms with E-state index < -0.39 is 149 Å². The van der Waals surface area contributed by atoms with Crippen LogP contribution in [0, 0.1) is 11.3 Å². The molecule has 19 atom stereocenters. The third-order valence-electron chi connectivity index (χ3n) is 18.1. The molecular formula is C74H139N9O33P-. The summed E-state index contributed by atoms with van der Waals surface area (Å²) in [6.07, 6.45) is -11.7. The molecule has 43 heteroatoms. The highest BCUT2D eigenvalue weighted by Crippen LogP contribution is 2.43. The number of aliphatic hydroxyl groups is 9. The minimum Gasteiger partial charge on any atom is -0.756 e. The molecule has 9 amide bonds. The molecular weight excluding hydrogens is 1570 g/mol. The molecule has 0 saturated carbocycles. The lowest BCUT2D eigenvalue weighted by molar-refractivity contribution is -0.270. The first-order valence-corrected chi connectivity index (χ1v) is 41.8. The van der Waals surface area contributed by atoms with E-state index >= 15 is 0 Å². The number of carbonyl (C=O) groups is 9. The van der Waals surface area contributed by atoms with Crippen LogP contribution in [0.4, 0.5) is 0 Å². The first-order chi connectivity index (χ1) is 55.8. The Bertz CT molecular complexity index is 2570. The fourth-order valence-electron chi connectivity index (χ4n) is 11.8. The fourth-order valence-corrected chi connectivity index (χ4v) is 12.6. The van der Waals surface area contributed by atoms with Crippen molar-refractivity contribution in [1.29, 1.82) is 0 Å². The SMILES string of the molecule is CC.CC.CC(=O)NC1C(OCCCCC(=O)NCCCNC(=O)CCOCC(C)(COCCC(=O)NCCCNC(=O)CCCCOC2OC(CO)C(O)C(O)C2NC(C)=O)COCCC(=O)NCCCNC(=O)CCCCOC2OC(CO)C(O)C(O)C2NC(C)=O)OC(CO)C(O)C1O.COC[C@H]1OC[C@@H](C)C1OP(=O)([O-])OC. The normalized spacial score (nSPS) is 26.4. The Morgan fingerprint density at radius 1 is 0.427 bits per heavy atom. The summed E-state index contributed by atoms with van der Waals surface area (Å²) in [7, 11) is -1.61. The quantitative estimate of drug-likeness (QED) is 0.0202. The van der Waals surface area contributed by atoms with Crippen molar-refractivity contribution in [2.45, 2.75) is 263 Å². The number of phosphoric ester groups is 1. The van der Waals surface area contributed by atoms with Crippen molar-refractivity contribution in [3.8, 4) is 0 Å². The Kier molecular flexibility index (Phi) is 59.4. The van der Waals surface area contributed by atoms with E-state index in [1.54, 1.807) is 0 Å². The second-order valence-corrected chi connectivity index (χ2v) is 29.6. The number of hydrogen-bond donors (Lipinski definition) is 18. The van der Waals surface area contributed by atoms with Gasteiger partial charge in [-0.05, 0) is 57.8 Å². The zero-order valence-electron chi connectivity index (χ0n) is 69.9. The van der Waals surface area contributed by atoms with Crippen LogP contribution in [0.15, 0.2) is 0 Å². The molecule has 0 spiro atoms. The molecule has 4 heterocycles. The first-order valence-electron chi connectivity index (χ1n) is 40.4. The van der Waals surface area contributed by atoms with Gasteiger partial charge in [-0.2, -0.15) is 0 Å². The summed E-state index contributed by atoms with van der Waals surface area (Å²) in [4.78, 5) is 121. The maximum Gasteiger partial charge on any atom is 0.267 e. The van der Waals surface area contributed by atoms with Crippen LogP contribution in [0.5, 0.6) is 0 Å². The molecule has 4 rings (SSSR count). The molecule has 0 aromatic heterocycles. The Morgan fingerprint density at radius 3 is 0.966 bits per heavy atom. The monoisotopic (exact) mass is 1710 g/mol. The van der Waals surface area contributed by atoms with Crippen LogP contribution in [0.2, 0.25) is 0 Å². The largest absolute Gasteiger partial charge is 0.756 e. The van der Waals surface area contributed by atoms with Gasteiger partial charge in [-0.1, -0.05) is 41.5 Å². The molecule has 42 nitrogen and oxygen atoms in total. The van der Waals surface area contributed by atoms with Gasteiger partial charge in [0.05, 0.1) is 78.8 Å². The lowest BCUT2D eigenvalue weighted by Crippen LogP contribution is -2.64. The molecule has 4 fully saturated rings. The van der Waals surface area contributed by atoms with Gasteiger partial charge in [0.2, 0.25) is 53.2 Å². The number of phosphoric acid groups is 1. The Balaban J connectivity index is 0.00000318. The van der Waals surface area contributed by atoms with Gasteiger partial charge >= 0.3 is 0 Å². The first kappa shape index (κ1) is 110. The van der Waals surface area contributed by atoms with Crippen LogP contribution < -0.4 is 52.7 Å². The minimum absolute atomic E-state index is 0.00238. The second-order valence-electron chi connectivity index (χ2n) is 28.2. The van der Waals surface area contributed by atoms with E-state index in [2.05, 4.69) is 52.4 Å². The number of methoxy groups -OCH3 is 1. The van der Waals surface area contributed by atoms with Gasteiger partial charge < -0.3 is 160 Å². The number of aliphatic hydroxyl groups excluding tert-OH is 9. The predicted molar refractivity (Wildman–Crippen MR) is 415 cm³/mol. The Labute approximate surface area is 686 Å². The van der Waals surface area contributed by atoms with Crippen LogP contribution >= 0.6 is 7.82 Å². The van der Waals surface area contributed by atoms with E-state index in [0.717, 1.165) is 7.11 Å². The highest BCUT2D eigenvalue weighted by molar-refractivity contribution is 7.45. The lowest BCUT2D eigenvalue weighted by atomic mass is 9.94. The standard InChI is InChI=1S/C62H111N9O27.C8H17O6P.2C2H6/c1-38(75)69-50-56(87)53(84)41(32-72)96-59(50)93-26-8-5-14-44(78)63-20-11-23-66-47(81)17-29-90-35-62(4,36-91-30-18-48(82)67-24-12-21-64-45(79)15-6-9-27-94-60-51(70-39(2)76)57(88)54(85)42(33-73)97-60)37-92-31-19-49(83)68-25-13-22-65-46(80)16-7-10-28-95-61-52(71-40(3)77)58(89)55(86)43(34-74)98-61;1-6-4-13-7(5-11-2)8(6)14-15(9,10)12-3;2*1-2/h41-43,50-61,72-74,84-89H,5-37H2,1-4H3,(H,63,78)(H,64,79)(H,65,80)(H,66,81)(H,67,82)(H,68,83)(H,69,75)(H,70,76)(H,71,77);6-8H,4-5H2,1-3H3,(H,9,10);2*1-2H3/p-1/t;6-,7-,8?;;/m.1../s1. The maximum absolute atomic E-state index is 12.7. The minimum atomic E-state index is -4.21. The van der Waals surface area contributed by atoms with Crippen LogP contribution in [0.1, 0.15) is 159 Å². The number of carbonyl (C=O) groups excluding carboxylic acids is 9. The van der Waals surface area contributed by atoms with E-state index in [9.17, 15) is 98.6 Å². The van der Waals surface area contributed by atoms with E-state index in [0.29, 0.717) is 90.6 Å². The van der Waals surface area contributed by atoms with E-state index in [4.69, 9.17) is 56.6 Å². The van der Waals surface area contributed by atoms with Gasteiger partial charge in [-0.15, -0.1) is 0 Å². The molecule has 684 valence electrons. The third kappa shape index (κ3) is 45.8. The van der Waals surface area contributed by atoms with Crippen molar-refractivity contribution in [2.24, 2.45) is 11.3 Å².